The van der Waals surface area contributed by atoms with Crippen LogP contribution < -0.4 is 10.5 Å². The molecule has 1 rings (SSSR count). The summed E-state index contributed by atoms with van der Waals surface area (Å²) in [6.45, 7) is 4.19. The first-order valence-electron chi connectivity index (χ1n) is 4.62. The van der Waals surface area contributed by atoms with Crippen LogP contribution in [0.1, 0.15) is 25.5 Å². The summed E-state index contributed by atoms with van der Waals surface area (Å²) in [5.74, 6) is 6.44. The van der Waals surface area contributed by atoms with Gasteiger partial charge < -0.3 is 10.5 Å². The van der Waals surface area contributed by atoms with Gasteiger partial charge in [-0.15, -0.1) is 5.92 Å². The molecule has 0 saturated heterocycles. The SMILES string of the molecule is CC#CCOc1ccc([C@@H](C)N)cc1. The van der Waals surface area contributed by atoms with Crippen LogP contribution in [0.4, 0.5) is 0 Å². The molecule has 14 heavy (non-hydrogen) atoms. The van der Waals surface area contributed by atoms with Gasteiger partial charge in [-0.25, -0.2) is 0 Å². The lowest BCUT2D eigenvalue weighted by Crippen LogP contribution is -2.04. The van der Waals surface area contributed by atoms with Gasteiger partial charge in [-0.3, -0.25) is 0 Å². The molecule has 0 spiro atoms. The molecule has 0 aliphatic rings. The maximum Gasteiger partial charge on any atom is 0.149 e. The molecular formula is C12H15NO. The van der Waals surface area contributed by atoms with Crippen LogP contribution in [-0.2, 0) is 0 Å². The van der Waals surface area contributed by atoms with E-state index >= 15 is 0 Å². The second-order valence-electron chi connectivity index (χ2n) is 3.07. The molecule has 1 atom stereocenters. The number of ether oxygens (including phenoxy) is 1. The smallest absolute Gasteiger partial charge is 0.149 e. The fraction of sp³-hybridized carbons (Fsp3) is 0.333. The molecule has 0 unspecified atom stereocenters. The number of hydrogen-bond donors (Lipinski definition) is 1. The van der Waals surface area contributed by atoms with Crippen LogP contribution >= 0.6 is 0 Å². The summed E-state index contributed by atoms with van der Waals surface area (Å²) < 4.78 is 5.37. The van der Waals surface area contributed by atoms with Gasteiger partial charge in [0.25, 0.3) is 0 Å². The number of rotatable bonds is 3. The van der Waals surface area contributed by atoms with Gasteiger partial charge in [0.05, 0.1) is 0 Å². The second kappa shape index (κ2) is 5.31. The Morgan fingerprint density at radius 2 is 2.00 bits per heavy atom. The number of benzene rings is 1. The van der Waals surface area contributed by atoms with E-state index in [4.69, 9.17) is 10.5 Å². The summed E-state index contributed by atoms with van der Waals surface area (Å²) >= 11 is 0. The fourth-order valence-electron chi connectivity index (χ4n) is 1.06. The Kier molecular flexibility index (Phi) is 4.03. The van der Waals surface area contributed by atoms with Gasteiger partial charge in [0.1, 0.15) is 12.4 Å². The Bertz CT molecular complexity index is 330. The zero-order valence-electron chi connectivity index (χ0n) is 8.58. The molecule has 0 aliphatic heterocycles. The summed E-state index contributed by atoms with van der Waals surface area (Å²) in [6, 6.07) is 7.84. The van der Waals surface area contributed by atoms with Crippen LogP contribution in [0.25, 0.3) is 0 Å². The first-order valence-corrected chi connectivity index (χ1v) is 4.62. The van der Waals surface area contributed by atoms with E-state index in [2.05, 4.69) is 11.8 Å². The molecule has 2 N–H and O–H groups in total. The van der Waals surface area contributed by atoms with Gasteiger partial charge in [-0.1, -0.05) is 18.1 Å². The van der Waals surface area contributed by atoms with Crippen molar-refractivity contribution in [2.24, 2.45) is 5.73 Å². The Labute approximate surface area is 85.1 Å². The average Bonchev–Trinajstić information content (AvgIpc) is 2.19. The summed E-state index contributed by atoms with van der Waals surface area (Å²) in [6.07, 6.45) is 0. The Morgan fingerprint density at radius 3 is 2.50 bits per heavy atom. The van der Waals surface area contributed by atoms with Crippen molar-refractivity contribution in [2.75, 3.05) is 6.61 Å². The zero-order valence-corrected chi connectivity index (χ0v) is 8.58. The average molecular weight is 189 g/mol. The van der Waals surface area contributed by atoms with Crippen molar-refractivity contribution in [3.05, 3.63) is 29.8 Å². The quantitative estimate of drug-likeness (QED) is 0.739. The predicted molar refractivity (Wildman–Crippen MR) is 58.0 cm³/mol. The summed E-state index contributed by atoms with van der Waals surface area (Å²) in [4.78, 5) is 0. The van der Waals surface area contributed by atoms with E-state index in [1.165, 1.54) is 0 Å². The van der Waals surface area contributed by atoms with Gasteiger partial charge in [0, 0.05) is 6.04 Å². The van der Waals surface area contributed by atoms with Gasteiger partial charge >= 0.3 is 0 Å². The Hall–Kier alpha value is -1.46. The fourth-order valence-corrected chi connectivity index (χ4v) is 1.06. The lowest BCUT2D eigenvalue weighted by atomic mass is 10.1. The van der Waals surface area contributed by atoms with E-state index in [1.807, 2.05) is 31.2 Å². The number of hydrogen-bond acceptors (Lipinski definition) is 2. The van der Waals surface area contributed by atoms with E-state index in [9.17, 15) is 0 Å². The highest BCUT2D eigenvalue weighted by Gasteiger charge is 1.98. The van der Waals surface area contributed by atoms with Crippen LogP contribution in [0.15, 0.2) is 24.3 Å². The molecule has 74 valence electrons. The van der Waals surface area contributed by atoms with Crippen molar-refractivity contribution in [1.29, 1.82) is 0 Å². The molecule has 0 aliphatic carbocycles. The van der Waals surface area contributed by atoms with Crippen molar-refractivity contribution in [3.8, 4) is 17.6 Å². The summed E-state index contributed by atoms with van der Waals surface area (Å²) in [7, 11) is 0. The van der Waals surface area contributed by atoms with Crippen LogP contribution in [0.2, 0.25) is 0 Å². The van der Waals surface area contributed by atoms with Crippen molar-refractivity contribution < 1.29 is 4.74 Å². The van der Waals surface area contributed by atoms with Gasteiger partial charge in [0.15, 0.2) is 0 Å². The maximum atomic E-state index is 5.72. The molecule has 0 amide bonds. The first-order chi connectivity index (χ1) is 6.74. The van der Waals surface area contributed by atoms with Crippen molar-refractivity contribution >= 4 is 0 Å². The normalized spacial score (nSPS) is 11.4. The monoisotopic (exact) mass is 189 g/mol. The Morgan fingerprint density at radius 1 is 1.36 bits per heavy atom. The van der Waals surface area contributed by atoms with E-state index in [0.29, 0.717) is 6.61 Å². The molecule has 0 heterocycles. The second-order valence-corrected chi connectivity index (χ2v) is 3.07. The largest absolute Gasteiger partial charge is 0.481 e. The molecule has 0 saturated carbocycles. The van der Waals surface area contributed by atoms with Crippen LogP contribution in [0.3, 0.4) is 0 Å². The van der Waals surface area contributed by atoms with Gasteiger partial charge in [-0.2, -0.15) is 0 Å². The highest BCUT2D eigenvalue weighted by atomic mass is 16.5. The van der Waals surface area contributed by atoms with E-state index in [0.717, 1.165) is 11.3 Å². The standard InChI is InChI=1S/C12H15NO/c1-3-4-9-14-12-7-5-11(6-8-12)10(2)13/h5-8,10H,9,13H2,1-2H3/t10-/m1/s1. The lowest BCUT2D eigenvalue weighted by Gasteiger charge is -2.06. The van der Waals surface area contributed by atoms with Crippen molar-refractivity contribution in [1.82, 2.24) is 0 Å². The maximum absolute atomic E-state index is 5.72. The summed E-state index contributed by atoms with van der Waals surface area (Å²) in [5.41, 5.74) is 6.83. The predicted octanol–water partition coefficient (Wildman–Crippen LogP) is 2.11. The van der Waals surface area contributed by atoms with Crippen LogP contribution in [-0.4, -0.2) is 6.61 Å². The molecule has 0 radical (unpaired) electrons. The highest BCUT2D eigenvalue weighted by molar-refractivity contribution is 5.29. The topological polar surface area (TPSA) is 35.2 Å². The van der Waals surface area contributed by atoms with Gasteiger partial charge in [-0.05, 0) is 31.5 Å². The molecule has 0 fully saturated rings. The third-order valence-electron chi connectivity index (χ3n) is 1.89. The van der Waals surface area contributed by atoms with Gasteiger partial charge in [0.2, 0.25) is 0 Å². The molecule has 2 nitrogen and oxygen atoms in total. The minimum Gasteiger partial charge on any atom is -0.481 e. The van der Waals surface area contributed by atoms with E-state index in [1.54, 1.807) is 6.92 Å². The van der Waals surface area contributed by atoms with Crippen LogP contribution in [0.5, 0.6) is 5.75 Å². The molecule has 1 aromatic rings. The van der Waals surface area contributed by atoms with E-state index < -0.39 is 0 Å². The molecular weight excluding hydrogens is 174 g/mol. The molecule has 1 aromatic carbocycles. The van der Waals surface area contributed by atoms with Crippen LogP contribution in [0, 0.1) is 11.8 Å². The highest BCUT2D eigenvalue weighted by Crippen LogP contribution is 2.15. The molecule has 2 heteroatoms. The van der Waals surface area contributed by atoms with Crippen molar-refractivity contribution in [3.63, 3.8) is 0 Å². The summed E-state index contributed by atoms with van der Waals surface area (Å²) in [5, 5.41) is 0. The lowest BCUT2D eigenvalue weighted by molar-refractivity contribution is 0.370. The van der Waals surface area contributed by atoms with Crippen molar-refractivity contribution in [2.45, 2.75) is 19.9 Å². The molecule has 0 bridgehead atoms. The minimum absolute atomic E-state index is 0.0690. The van der Waals surface area contributed by atoms with E-state index in [-0.39, 0.29) is 6.04 Å². The first kappa shape index (κ1) is 10.6. The molecule has 0 aromatic heterocycles. The third-order valence-corrected chi connectivity index (χ3v) is 1.89. The Balaban J connectivity index is 2.58. The number of nitrogens with two attached hydrogens (primary N) is 1. The third kappa shape index (κ3) is 3.12. The minimum atomic E-state index is 0.0690. The zero-order chi connectivity index (χ0) is 10.4.